The Kier molecular flexibility index (Phi) is 2.88. The Bertz CT molecular complexity index is 34.4. The van der Waals surface area contributed by atoms with Crippen molar-refractivity contribution in [1.82, 2.24) is 11.0 Å². The lowest BCUT2D eigenvalue weighted by Crippen LogP contribution is -2.34. The molecule has 2 N–H and O–H groups in total. The number of nitrogens with one attached hydrogen (secondary N) is 2. The van der Waals surface area contributed by atoms with Gasteiger partial charge in [0.2, 0.25) is 0 Å². The molecule has 48 valence electrons. The molecule has 0 unspecified atom stereocenters. The van der Waals surface area contributed by atoms with Gasteiger partial charge in [-0.25, -0.2) is 5.43 Å². The summed E-state index contributed by atoms with van der Waals surface area (Å²) in [5, 5.41) is 0. The molecular weight excluding hydrogens is 104 g/mol. The third-order valence-corrected chi connectivity index (χ3v) is 1.19. The molecule has 0 spiro atoms. The first-order chi connectivity index (χ1) is 4.00. The second-order valence-electron chi connectivity index (χ2n) is 1.94. The molecule has 0 aromatic carbocycles. The molecule has 0 atom stereocenters. The van der Waals surface area contributed by atoms with Crippen LogP contribution in [0, 0.1) is 0 Å². The SMILES string of the molecule is C1CCNNOCC1. The summed E-state index contributed by atoms with van der Waals surface area (Å²) in [7, 11) is 0. The number of hydrazine groups is 1. The summed E-state index contributed by atoms with van der Waals surface area (Å²) in [5.74, 6) is 0. The first kappa shape index (κ1) is 6.01. The van der Waals surface area contributed by atoms with E-state index in [9.17, 15) is 0 Å². The second-order valence-corrected chi connectivity index (χ2v) is 1.94. The molecule has 8 heavy (non-hydrogen) atoms. The number of hydrogen-bond acceptors (Lipinski definition) is 3. The van der Waals surface area contributed by atoms with Gasteiger partial charge in [0, 0.05) is 6.54 Å². The maximum Gasteiger partial charge on any atom is 0.0698 e. The molecule has 3 heteroatoms. The molecular formula is C5H12N2O. The predicted molar refractivity (Wildman–Crippen MR) is 30.9 cm³/mol. The average molecular weight is 116 g/mol. The van der Waals surface area contributed by atoms with Gasteiger partial charge in [0.15, 0.2) is 0 Å². The Balaban J connectivity index is 2.00. The summed E-state index contributed by atoms with van der Waals surface area (Å²) >= 11 is 0. The third kappa shape index (κ3) is 2.26. The van der Waals surface area contributed by atoms with E-state index < -0.39 is 0 Å². The van der Waals surface area contributed by atoms with Crippen LogP contribution in [-0.2, 0) is 4.84 Å². The van der Waals surface area contributed by atoms with Crippen molar-refractivity contribution in [2.75, 3.05) is 13.2 Å². The van der Waals surface area contributed by atoms with Crippen LogP contribution in [-0.4, -0.2) is 13.2 Å². The largest absolute Gasteiger partial charge is 0.287 e. The van der Waals surface area contributed by atoms with Crippen LogP contribution < -0.4 is 11.0 Å². The Hall–Kier alpha value is -0.120. The average Bonchev–Trinajstić information content (AvgIpc) is 1.62. The van der Waals surface area contributed by atoms with Crippen molar-refractivity contribution >= 4 is 0 Å². The zero-order valence-electron chi connectivity index (χ0n) is 4.94. The van der Waals surface area contributed by atoms with E-state index in [0.29, 0.717) is 0 Å². The zero-order valence-corrected chi connectivity index (χ0v) is 4.94. The van der Waals surface area contributed by atoms with Crippen molar-refractivity contribution < 1.29 is 4.84 Å². The summed E-state index contributed by atoms with van der Waals surface area (Å²) in [5.41, 5.74) is 5.55. The van der Waals surface area contributed by atoms with Crippen molar-refractivity contribution in [1.29, 1.82) is 0 Å². The maximum atomic E-state index is 4.91. The molecule has 1 fully saturated rings. The van der Waals surface area contributed by atoms with E-state index in [2.05, 4.69) is 11.0 Å². The van der Waals surface area contributed by atoms with Gasteiger partial charge in [0.25, 0.3) is 0 Å². The molecule has 0 radical (unpaired) electrons. The molecule has 0 aromatic heterocycles. The fourth-order valence-electron chi connectivity index (χ4n) is 0.717. The highest BCUT2D eigenvalue weighted by Gasteiger charge is 1.93. The third-order valence-electron chi connectivity index (χ3n) is 1.19. The molecule has 1 heterocycles. The van der Waals surface area contributed by atoms with Crippen LogP contribution in [0.3, 0.4) is 0 Å². The highest BCUT2D eigenvalue weighted by molar-refractivity contribution is 4.44. The maximum absolute atomic E-state index is 4.91. The molecule has 3 nitrogen and oxygen atoms in total. The minimum atomic E-state index is 0.826. The van der Waals surface area contributed by atoms with Crippen molar-refractivity contribution in [3.8, 4) is 0 Å². The van der Waals surface area contributed by atoms with Crippen LogP contribution in [0.4, 0.5) is 0 Å². The molecule has 1 aliphatic heterocycles. The van der Waals surface area contributed by atoms with Crippen LogP contribution in [0.1, 0.15) is 19.3 Å². The molecule has 0 aromatic rings. The topological polar surface area (TPSA) is 33.3 Å². The van der Waals surface area contributed by atoms with Crippen molar-refractivity contribution in [3.05, 3.63) is 0 Å². The monoisotopic (exact) mass is 116 g/mol. The minimum absolute atomic E-state index is 0.826. The Labute approximate surface area is 49.3 Å². The quantitative estimate of drug-likeness (QED) is 0.474. The zero-order chi connectivity index (χ0) is 5.66. The Morgan fingerprint density at radius 3 is 3.12 bits per heavy atom. The van der Waals surface area contributed by atoms with Crippen LogP contribution in [0.2, 0.25) is 0 Å². The van der Waals surface area contributed by atoms with E-state index >= 15 is 0 Å². The molecule has 1 aliphatic rings. The predicted octanol–water partition coefficient (Wildman–Crippen LogP) is 0.196. The van der Waals surface area contributed by atoms with E-state index in [1.54, 1.807) is 0 Å². The number of hydrogen-bond donors (Lipinski definition) is 2. The van der Waals surface area contributed by atoms with Gasteiger partial charge in [-0.2, -0.15) is 0 Å². The molecule has 0 bridgehead atoms. The van der Waals surface area contributed by atoms with Gasteiger partial charge in [-0.1, -0.05) is 0 Å². The van der Waals surface area contributed by atoms with Gasteiger partial charge < -0.3 is 0 Å². The standard InChI is InChI=1S/C5H12N2O/c1-2-4-6-7-8-5-3-1/h6-7H,1-5H2. The summed E-state index contributed by atoms with van der Waals surface area (Å²) in [6.07, 6.45) is 3.69. The lowest BCUT2D eigenvalue weighted by molar-refractivity contribution is 0.00134. The second kappa shape index (κ2) is 3.83. The molecule has 0 saturated carbocycles. The minimum Gasteiger partial charge on any atom is -0.287 e. The van der Waals surface area contributed by atoms with Gasteiger partial charge >= 0.3 is 0 Å². The summed E-state index contributed by atoms with van der Waals surface area (Å²) in [6.45, 7) is 1.84. The molecule has 1 rings (SSSR count). The van der Waals surface area contributed by atoms with Crippen LogP contribution in [0.25, 0.3) is 0 Å². The van der Waals surface area contributed by atoms with E-state index in [1.807, 2.05) is 0 Å². The van der Waals surface area contributed by atoms with Crippen molar-refractivity contribution in [2.45, 2.75) is 19.3 Å². The van der Waals surface area contributed by atoms with Gasteiger partial charge in [0.1, 0.15) is 0 Å². The van der Waals surface area contributed by atoms with Crippen molar-refractivity contribution in [2.24, 2.45) is 0 Å². The fraction of sp³-hybridized carbons (Fsp3) is 1.00. The van der Waals surface area contributed by atoms with E-state index in [1.165, 1.54) is 19.3 Å². The summed E-state index contributed by atoms with van der Waals surface area (Å²) < 4.78 is 0. The highest BCUT2D eigenvalue weighted by Crippen LogP contribution is 1.94. The highest BCUT2D eigenvalue weighted by atomic mass is 16.7. The van der Waals surface area contributed by atoms with E-state index in [-0.39, 0.29) is 0 Å². The summed E-state index contributed by atoms with van der Waals surface area (Å²) in [6, 6.07) is 0. The lowest BCUT2D eigenvalue weighted by Gasteiger charge is -2.10. The van der Waals surface area contributed by atoms with Gasteiger partial charge in [-0.15, -0.1) is 5.59 Å². The van der Waals surface area contributed by atoms with E-state index in [0.717, 1.165) is 13.2 Å². The van der Waals surface area contributed by atoms with E-state index in [4.69, 9.17) is 4.84 Å². The van der Waals surface area contributed by atoms with Gasteiger partial charge in [-0.05, 0) is 19.3 Å². The summed E-state index contributed by atoms with van der Waals surface area (Å²) in [4.78, 5) is 4.91. The molecule has 0 aliphatic carbocycles. The van der Waals surface area contributed by atoms with Crippen LogP contribution >= 0.6 is 0 Å². The molecule has 1 saturated heterocycles. The van der Waals surface area contributed by atoms with Crippen LogP contribution in [0.5, 0.6) is 0 Å². The van der Waals surface area contributed by atoms with Crippen LogP contribution in [0.15, 0.2) is 0 Å². The first-order valence-corrected chi connectivity index (χ1v) is 3.10. The molecule has 0 amide bonds. The van der Waals surface area contributed by atoms with Gasteiger partial charge in [0.05, 0.1) is 6.61 Å². The lowest BCUT2D eigenvalue weighted by atomic mass is 10.2. The smallest absolute Gasteiger partial charge is 0.0698 e. The van der Waals surface area contributed by atoms with Gasteiger partial charge in [-0.3, -0.25) is 4.84 Å². The normalized spacial score (nSPS) is 24.0. The number of rotatable bonds is 0. The Morgan fingerprint density at radius 1 is 1.12 bits per heavy atom. The fourth-order valence-corrected chi connectivity index (χ4v) is 0.717. The van der Waals surface area contributed by atoms with Crippen molar-refractivity contribution in [3.63, 3.8) is 0 Å². The Morgan fingerprint density at radius 2 is 2.12 bits per heavy atom. The first-order valence-electron chi connectivity index (χ1n) is 3.10.